The summed E-state index contributed by atoms with van der Waals surface area (Å²) in [5, 5.41) is 3.67. The highest BCUT2D eigenvalue weighted by molar-refractivity contribution is 5.92. The molecular formula is C17H20F2N4O. The molecule has 0 radical (unpaired) electrons. The van der Waals surface area contributed by atoms with Crippen molar-refractivity contribution in [1.82, 2.24) is 14.7 Å². The van der Waals surface area contributed by atoms with Crippen LogP contribution in [0.2, 0.25) is 0 Å². The van der Waals surface area contributed by atoms with Crippen molar-refractivity contribution < 1.29 is 13.6 Å². The van der Waals surface area contributed by atoms with E-state index in [0.717, 1.165) is 11.9 Å². The molecule has 2 heterocycles. The van der Waals surface area contributed by atoms with E-state index in [9.17, 15) is 13.6 Å². The number of hydrogen-bond donors (Lipinski definition) is 0. The van der Waals surface area contributed by atoms with Crippen molar-refractivity contribution in [2.45, 2.75) is 26.4 Å². The predicted octanol–water partition coefficient (Wildman–Crippen LogP) is 2.94. The van der Waals surface area contributed by atoms with Crippen molar-refractivity contribution in [1.29, 1.82) is 0 Å². The number of piperazine rings is 1. The van der Waals surface area contributed by atoms with Crippen LogP contribution in [0.15, 0.2) is 36.5 Å². The SMILES string of the molecule is Cc1ccc(N2CCN(C(=O)c3ccn(C(F)F)n3)C(C)C2)cc1. The Hall–Kier alpha value is -2.44. The number of carbonyl (C=O) groups is 1. The highest BCUT2D eigenvalue weighted by Gasteiger charge is 2.29. The Kier molecular flexibility index (Phi) is 4.51. The molecule has 0 saturated carbocycles. The van der Waals surface area contributed by atoms with E-state index in [4.69, 9.17) is 0 Å². The molecule has 7 heteroatoms. The maximum absolute atomic E-state index is 12.6. The van der Waals surface area contributed by atoms with Gasteiger partial charge in [0.15, 0.2) is 5.69 Å². The third-order valence-corrected chi connectivity index (χ3v) is 4.31. The summed E-state index contributed by atoms with van der Waals surface area (Å²) in [7, 11) is 0. The fraction of sp³-hybridized carbons (Fsp3) is 0.412. The summed E-state index contributed by atoms with van der Waals surface area (Å²) in [4.78, 5) is 16.4. The number of aromatic nitrogens is 2. The van der Waals surface area contributed by atoms with E-state index in [1.807, 2.05) is 13.8 Å². The summed E-state index contributed by atoms with van der Waals surface area (Å²) in [5.74, 6) is -0.301. The summed E-state index contributed by atoms with van der Waals surface area (Å²) in [6, 6.07) is 9.59. The van der Waals surface area contributed by atoms with Gasteiger partial charge < -0.3 is 9.80 Å². The summed E-state index contributed by atoms with van der Waals surface area (Å²) < 4.78 is 25.7. The minimum atomic E-state index is -2.73. The van der Waals surface area contributed by atoms with Crippen LogP contribution in [0.1, 0.15) is 29.5 Å². The third kappa shape index (κ3) is 3.25. The van der Waals surface area contributed by atoms with E-state index in [1.54, 1.807) is 4.90 Å². The molecule has 1 aromatic carbocycles. The molecule has 1 aliphatic rings. The second kappa shape index (κ2) is 6.59. The van der Waals surface area contributed by atoms with E-state index in [1.165, 1.54) is 11.6 Å². The lowest BCUT2D eigenvalue weighted by Gasteiger charge is -2.40. The average molecular weight is 334 g/mol. The zero-order valence-corrected chi connectivity index (χ0v) is 13.7. The van der Waals surface area contributed by atoms with E-state index >= 15 is 0 Å². The molecular weight excluding hydrogens is 314 g/mol. The maximum Gasteiger partial charge on any atom is 0.333 e. The number of halogens is 2. The van der Waals surface area contributed by atoms with Crippen LogP contribution in [0.5, 0.6) is 0 Å². The lowest BCUT2D eigenvalue weighted by molar-refractivity contribution is 0.0542. The number of alkyl halides is 2. The molecule has 1 fully saturated rings. The fourth-order valence-electron chi connectivity index (χ4n) is 2.96. The van der Waals surface area contributed by atoms with Crippen LogP contribution in [-0.4, -0.2) is 46.3 Å². The number of rotatable bonds is 3. The molecule has 1 amide bonds. The number of aryl methyl sites for hydroxylation is 1. The Bertz CT molecular complexity index is 714. The molecule has 5 nitrogen and oxygen atoms in total. The van der Waals surface area contributed by atoms with Gasteiger partial charge in [0, 0.05) is 37.6 Å². The Morgan fingerprint density at radius 2 is 1.92 bits per heavy atom. The zero-order valence-electron chi connectivity index (χ0n) is 13.7. The van der Waals surface area contributed by atoms with Crippen LogP contribution >= 0.6 is 0 Å². The van der Waals surface area contributed by atoms with Gasteiger partial charge in [-0.3, -0.25) is 4.79 Å². The largest absolute Gasteiger partial charge is 0.368 e. The summed E-state index contributed by atoms with van der Waals surface area (Å²) in [6.45, 7) is 3.21. The molecule has 0 spiro atoms. The molecule has 0 aliphatic carbocycles. The molecule has 1 atom stereocenters. The van der Waals surface area contributed by atoms with Crippen LogP contribution < -0.4 is 4.90 Å². The topological polar surface area (TPSA) is 41.4 Å². The van der Waals surface area contributed by atoms with Gasteiger partial charge in [0.2, 0.25) is 0 Å². The first-order chi connectivity index (χ1) is 11.5. The van der Waals surface area contributed by atoms with Crippen molar-refractivity contribution in [3.63, 3.8) is 0 Å². The van der Waals surface area contributed by atoms with Gasteiger partial charge in [-0.25, -0.2) is 4.68 Å². The molecule has 128 valence electrons. The van der Waals surface area contributed by atoms with Gasteiger partial charge >= 0.3 is 6.55 Å². The minimum Gasteiger partial charge on any atom is -0.368 e. The van der Waals surface area contributed by atoms with Gasteiger partial charge in [0.1, 0.15) is 0 Å². The Morgan fingerprint density at radius 1 is 1.21 bits per heavy atom. The Morgan fingerprint density at radius 3 is 2.50 bits per heavy atom. The molecule has 24 heavy (non-hydrogen) atoms. The van der Waals surface area contributed by atoms with Crippen molar-refractivity contribution in [2.24, 2.45) is 0 Å². The van der Waals surface area contributed by atoms with Crippen LogP contribution in [-0.2, 0) is 0 Å². The van der Waals surface area contributed by atoms with E-state index in [-0.39, 0.29) is 17.6 Å². The summed E-state index contributed by atoms with van der Waals surface area (Å²) in [6.07, 6.45) is 1.13. The number of carbonyl (C=O) groups excluding carboxylic acids is 1. The summed E-state index contributed by atoms with van der Waals surface area (Å²) >= 11 is 0. The third-order valence-electron chi connectivity index (χ3n) is 4.31. The van der Waals surface area contributed by atoms with Crippen LogP contribution in [0.25, 0.3) is 0 Å². The quantitative estimate of drug-likeness (QED) is 0.867. The van der Waals surface area contributed by atoms with Crippen molar-refractivity contribution >= 4 is 11.6 Å². The molecule has 1 aliphatic heterocycles. The van der Waals surface area contributed by atoms with Gasteiger partial charge in [-0.05, 0) is 32.0 Å². The maximum atomic E-state index is 12.6. The van der Waals surface area contributed by atoms with Crippen LogP contribution in [0, 0.1) is 6.92 Å². The normalized spacial score (nSPS) is 18.3. The van der Waals surface area contributed by atoms with Gasteiger partial charge in [-0.2, -0.15) is 13.9 Å². The first-order valence-electron chi connectivity index (χ1n) is 7.91. The second-order valence-electron chi connectivity index (χ2n) is 6.09. The van der Waals surface area contributed by atoms with E-state index in [0.29, 0.717) is 24.3 Å². The highest BCUT2D eigenvalue weighted by atomic mass is 19.3. The summed E-state index contributed by atoms with van der Waals surface area (Å²) in [5.41, 5.74) is 2.39. The molecule has 0 bridgehead atoms. The molecule has 1 aromatic heterocycles. The standard InChI is InChI=1S/C17H20F2N4O/c1-12-3-5-14(6-4-12)21-9-10-22(13(2)11-21)16(24)15-7-8-23(20-15)17(18)19/h3-8,13,17H,9-11H2,1-2H3. The predicted molar refractivity (Wildman–Crippen MR) is 87.4 cm³/mol. The fourth-order valence-corrected chi connectivity index (χ4v) is 2.96. The van der Waals surface area contributed by atoms with Crippen molar-refractivity contribution in [3.05, 3.63) is 47.8 Å². The van der Waals surface area contributed by atoms with E-state index < -0.39 is 6.55 Å². The molecule has 3 rings (SSSR count). The second-order valence-corrected chi connectivity index (χ2v) is 6.09. The number of anilines is 1. The minimum absolute atomic E-state index is 0.0238. The van der Waals surface area contributed by atoms with Gasteiger partial charge in [0.05, 0.1) is 0 Å². The van der Waals surface area contributed by atoms with E-state index in [2.05, 4.69) is 34.3 Å². The molecule has 0 N–H and O–H groups in total. The van der Waals surface area contributed by atoms with Crippen LogP contribution in [0.3, 0.4) is 0 Å². The highest BCUT2D eigenvalue weighted by Crippen LogP contribution is 2.21. The average Bonchev–Trinajstić information content (AvgIpc) is 3.05. The Balaban J connectivity index is 1.68. The first-order valence-corrected chi connectivity index (χ1v) is 7.91. The number of hydrogen-bond acceptors (Lipinski definition) is 3. The lowest BCUT2D eigenvalue weighted by Crippen LogP contribution is -2.54. The van der Waals surface area contributed by atoms with Gasteiger partial charge in [-0.1, -0.05) is 17.7 Å². The lowest BCUT2D eigenvalue weighted by atomic mass is 10.1. The molecule has 1 saturated heterocycles. The smallest absolute Gasteiger partial charge is 0.333 e. The molecule has 1 unspecified atom stereocenters. The zero-order chi connectivity index (χ0) is 17.3. The molecule has 2 aromatic rings. The van der Waals surface area contributed by atoms with Crippen molar-refractivity contribution in [3.8, 4) is 0 Å². The van der Waals surface area contributed by atoms with Gasteiger partial charge in [0.25, 0.3) is 5.91 Å². The number of benzene rings is 1. The van der Waals surface area contributed by atoms with Crippen LogP contribution in [0.4, 0.5) is 14.5 Å². The first kappa shape index (κ1) is 16.4. The monoisotopic (exact) mass is 334 g/mol. The number of nitrogens with zero attached hydrogens (tertiary/aromatic N) is 4. The van der Waals surface area contributed by atoms with Crippen molar-refractivity contribution in [2.75, 3.05) is 24.5 Å². The van der Waals surface area contributed by atoms with Gasteiger partial charge in [-0.15, -0.1) is 0 Å². The Labute approximate surface area is 139 Å². The number of amides is 1.